The first-order valence-corrected chi connectivity index (χ1v) is 16.0. The van der Waals surface area contributed by atoms with E-state index in [1.165, 1.54) is 0 Å². The number of anilines is 1. The highest BCUT2D eigenvalue weighted by atomic mass is 28.4. The van der Waals surface area contributed by atoms with Gasteiger partial charge in [0.25, 0.3) is 5.91 Å². The fourth-order valence-electron chi connectivity index (χ4n) is 5.49. The molecule has 4 rings (SSSR count). The highest BCUT2D eigenvalue weighted by molar-refractivity contribution is 6.72. The summed E-state index contributed by atoms with van der Waals surface area (Å²) in [4.78, 5) is 12.5. The maximum atomic E-state index is 15.4. The zero-order valence-electron chi connectivity index (χ0n) is 21.8. The Hall–Kier alpha value is -2.88. The number of nitrogens with one attached hydrogen (secondary N) is 1. The van der Waals surface area contributed by atoms with E-state index < -0.39 is 8.41 Å². The van der Waals surface area contributed by atoms with Crippen molar-refractivity contribution >= 4 is 20.0 Å². The number of carbonyl (C=O) groups is 1. The van der Waals surface area contributed by atoms with E-state index in [9.17, 15) is 4.79 Å². The van der Waals surface area contributed by atoms with Crippen LogP contribution in [0.3, 0.4) is 0 Å². The van der Waals surface area contributed by atoms with Crippen LogP contribution >= 0.6 is 0 Å². The van der Waals surface area contributed by atoms with Crippen molar-refractivity contribution in [3.63, 3.8) is 0 Å². The van der Waals surface area contributed by atoms with Crippen LogP contribution in [0.15, 0.2) is 60.8 Å². The summed E-state index contributed by atoms with van der Waals surface area (Å²) in [7, 11) is -2.96. The Bertz CT molecular complexity index is 1170. The van der Waals surface area contributed by atoms with E-state index >= 15 is 4.11 Å². The van der Waals surface area contributed by atoms with E-state index in [0.717, 1.165) is 29.8 Å². The van der Waals surface area contributed by atoms with Crippen LogP contribution < -0.4 is 5.32 Å². The van der Waals surface area contributed by atoms with Crippen LogP contribution in [0.2, 0.25) is 18.6 Å². The molecular formula is C28H37FN4O3Si. The number of ether oxygens (including phenoxy) is 1. The van der Waals surface area contributed by atoms with Crippen LogP contribution in [-0.4, -0.2) is 53.2 Å². The maximum Gasteiger partial charge on any atom is 0.255 e. The van der Waals surface area contributed by atoms with Gasteiger partial charge in [0.1, 0.15) is 0 Å². The molecule has 1 amide bonds. The van der Waals surface area contributed by atoms with Crippen LogP contribution in [0.1, 0.15) is 41.4 Å². The van der Waals surface area contributed by atoms with Crippen LogP contribution in [0.25, 0.3) is 0 Å². The summed E-state index contributed by atoms with van der Waals surface area (Å²) in [6.07, 6.45) is 4.37. The average Bonchev–Trinajstić information content (AvgIpc) is 3.45. The van der Waals surface area contributed by atoms with Gasteiger partial charge in [-0.05, 0) is 68.1 Å². The molecule has 0 spiro atoms. The molecule has 3 aromatic rings. The van der Waals surface area contributed by atoms with Gasteiger partial charge in [0.05, 0.1) is 17.9 Å². The number of carbonyl (C=O) groups excluding carboxylic acids is 1. The molecule has 37 heavy (non-hydrogen) atoms. The van der Waals surface area contributed by atoms with Gasteiger partial charge < -0.3 is 19.3 Å². The van der Waals surface area contributed by atoms with Gasteiger partial charge in [0.2, 0.25) is 8.41 Å². The number of aromatic nitrogens is 3. The van der Waals surface area contributed by atoms with E-state index in [1.54, 1.807) is 29.9 Å². The van der Waals surface area contributed by atoms with Crippen molar-refractivity contribution in [2.45, 2.75) is 70.0 Å². The predicted octanol–water partition coefficient (Wildman–Crippen LogP) is 5.04. The summed E-state index contributed by atoms with van der Waals surface area (Å²) in [5.74, 6) is -0.0134. The van der Waals surface area contributed by atoms with E-state index in [-0.39, 0.29) is 36.2 Å². The first-order valence-electron chi connectivity index (χ1n) is 13.0. The number of aliphatic hydroxyl groups is 1. The molecule has 2 heterocycles. The molecule has 1 aliphatic rings. The Labute approximate surface area is 219 Å². The Morgan fingerprint density at radius 3 is 2.62 bits per heavy atom. The number of aliphatic hydroxyl groups excluding tert-OH is 1. The minimum absolute atomic E-state index is 0.0270. The first kappa shape index (κ1) is 27.2. The van der Waals surface area contributed by atoms with Gasteiger partial charge in [-0.1, -0.05) is 42.5 Å². The van der Waals surface area contributed by atoms with E-state index in [0.29, 0.717) is 24.9 Å². The molecule has 0 aliphatic carbocycles. The Morgan fingerprint density at radius 1 is 1.11 bits per heavy atom. The van der Waals surface area contributed by atoms with Gasteiger partial charge in [0.15, 0.2) is 0 Å². The zero-order valence-corrected chi connectivity index (χ0v) is 22.8. The molecular weight excluding hydrogens is 487 g/mol. The third-order valence-electron chi connectivity index (χ3n) is 7.23. The Morgan fingerprint density at radius 2 is 1.89 bits per heavy atom. The molecule has 198 valence electrons. The monoisotopic (exact) mass is 524 g/mol. The fraction of sp³-hybridized carbons (Fsp3) is 0.464. The molecule has 2 aromatic carbocycles. The third kappa shape index (κ3) is 7.12. The van der Waals surface area contributed by atoms with Crippen molar-refractivity contribution in [1.29, 1.82) is 0 Å². The molecule has 0 saturated carbocycles. The number of benzene rings is 2. The van der Waals surface area contributed by atoms with Crippen LogP contribution in [0.4, 0.5) is 9.80 Å². The highest BCUT2D eigenvalue weighted by Crippen LogP contribution is 2.47. The smallest absolute Gasteiger partial charge is 0.255 e. The summed E-state index contributed by atoms with van der Waals surface area (Å²) >= 11 is 0. The SMILES string of the molecule is C[C@@H]1[C@@H]([Si](C)(C)F)[C@H](CCn2cc(CCO)nn2)O[C@@H]1CCc1cccc(NC(=O)c2ccccc2)c1. The quantitative estimate of drug-likeness (QED) is 0.271. The molecule has 0 unspecified atom stereocenters. The lowest BCUT2D eigenvalue weighted by atomic mass is 9.95. The Kier molecular flexibility index (Phi) is 8.89. The molecule has 0 bridgehead atoms. The van der Waals surface area contributed by atoms with Gasteiger partial charge >= 0.3 is 0 Å². The van der Waals surface area contributed by atoms with Crippen molar-refractivity contribution in [3.8, 4) is 0 Å². The van der Waals surface area contributed by atoms with E-state index in [2.05, 4.69) is 28.6 Å². The number of nitrogens with zero attached hydrogens (tertiary/aromatic N) is 3. The van der Waals surface area contributed by atoms with Crippen molar-refractivity contribution in [2.75, 3.05) is 11.9 Å². The number of amides is 1. The second kappa shape index (κ2) is 12.1. The lowest BCUT2D eigenvalue weighted by Crippen LogP contribution is -2.36. The van der Waals surface area contributed by atoms with Crippen molar-refractivity contribution in [1.82, 2.24) is 15.0 Å². The molecule has 4 atom stereocenters. The lowest BCUT2D eigenvalue weighted by Gasteiger charge is -2.28. The number of halogens is 1. The summed E-state index contributed by atoms with van der Waals surface area (Å²) < 4.78 is 23.7. The minimum atomic E-state index is -2.96. The van der Waals surface area contributed by atoms with Crippen LogP contribution in [-0.2, 0) is 24.1 Å². The summed E-state index contributed by atoms with van der Waals surface area (Å²) in [6.45, 7) is 6.32. The number of hydrogen-bond acceptors (Lipinski definition) is 5. The van der Waals surface area contributed by atoms with Crippen LogP contribution in [0.5, 0.6) is 0 Å². The average molecular weight is 525 g/mol. The normalized spacial score (nSPS) is 21.8. The summed E-state index contributed by atoms with van der Waals surface area (Å²) in [6, 6.07) is 17.0. The number of aryl methyl sites for hydroxylation is 2. The van der Waals surface area contributed by atoms with Gasteiger partial charge in [-0.15, -0.1) is 5.10 Å². The van der Waals surface area contributed by atoms with Crippen molar-refractivity contribution < 1.29 is 18.7 Å². The van der Waals surface area contributed by atoms with Gasteiger partial charge in [0, 0.05) is 42.6 Å². The van der Waals surface area contributed by atoms with Crippen molar-refractivity contribution in [2.24, 2.45) is 5.92 Å². The lowest BCUT2D eigenvalue weighted by molar-refractivity contribution is 0.0247. The molecule has 9 heteroatoms. The molecule has 0 radical (unpaired) electrons. The fourth-order valence-corrected chi connectivity index (χ4v) is 8.09. The first-order chi connectivity index (χ1) is 17.7. The minimum Gasteiger partial charge on any atom is -0.396 e. The topological polar surface area (TPSA) is 89.3 Å². The molecule has 1 saturated heterocycles. The molecule has 1 aromatic heterocycles. The van der Waals surface area contributed by atoms with Gasteiger partial charge in [-0.25, -0.2) is 0 Å². The third-order valence-corrected chi connectivity index (χ3v) is 9.71. The zero-order chi connectivity index (χ0) is 26.4. The largest absolute Gasteiger partial charge is 0.396 e. The predicted molar refractivity (Wildman–Crippen MR) is 145 cm³/mol. The second-order valence-electron chi connectivity index (χ2n) is 10.5. The summed E-state index contributed by atoms with van der Waals surface area (Å²) in [5.41, 5.74) is 3.15. The number of hydrogen-bond donors (Lipinski definition) is 2. The molecule has 1 fully saturated rings. The van der Waals surface area contributed by atoms with Gasteiger partial charge in [-0.3, -0.25) is 9.48 Å². The van der Waals surface area contributed by atoms with Crippen molar-refractivity contribution in [3.05, 3.63) is 77.6 Å². The Balaban J connectivity index is 1.36. The van der Waals surface area contributed by atoms with E-state index in [4.69, 9.17) is 9.84 Å². The maximum absolute atomic E-state index is 15.4. The van der Waals surface area contributed by atoms with Gasteiger partial charge in [-0.2, -0.15) is 0 Å². The molecule has 1 aliphatic heterocycles. The molecule has 7 nitrogen and oxygen atoms in total. The second-order valence-corrected chi connectivity index (χ2v) is 14.3. The highest BCUT2D eigenvalue weighted by Gasteiger charge is 2.50. The standard InChI is InChI=1S/C28H37FN4O3Si/c1-20-25(13-12-21-8-7-11-23(18-21)30-28(35)22-9-5-4-6-10-22)36-26(27(20)37(2,3)29)14-16-33-19-24(15-17-34)31-32-33/h4-11,18-20,25-27,34H,12-17H2,1-3H3,(H,30,35)/t20-,25+,26-,27+/m0/s1. The molecule has 2 N–H and O–H groups in total. The van der Waals surface area contributed by atoms with E-state index in [1.807, 2.05) is 42.6 Å². The van der Waals surface area contributed by atoms with Crippen LogP contribution in [0, 0.1) is 5.92 Å². The summed E-state index contributed by atoms with van der Waals surface area (Å²) in [5, 5.41) is 20.3. The number of rotatable bonds is 11.